The Balaban J connectivity index is 2.10. The molecule has 1 fully saturated rings. The second kappa shape index (κ2) is 3.49. The Hall–Kier alpha value is -1.55. The van der Waals surface area contributed by atoms with Crippen molar-refractivity contribution in [3.05, 3.63) is 29.5 Å². The van der Waals surface area contributed by atoms with Gasteiger partial charge in [0.05, 0.1) is 5.02 Å². The molecule has 0 bridgehead atoms. The highest BCUT2D eigenvalue weighted by Crippen LogP contribution is 2.38. The van der Waals surface area contributed by atoms with Gasteiger partial charge in [-0.25, -0.2) is 0 Å². The molecule has 0 atom stereocenters. The molecule has 0 saturated heterocycles. The van der Waals surface area contributed by atoms with Crippen LogP contribution >= 0.6 is 11.6 Å². The first-order valence-electron chi connectivity index (χ1n) is 5.20. The molecule has 1 aromatic heterocycles. The largest absolute Gasteiger partial charge is 0.399 e. The van der Waals surface area contributed by atoms with Crippen molar-refractivity contribution in [2.45, 2.75) is 18.9 Å². The fraction of sp³-hybridized carbons (Fsp3) is 0.273. The lowest BCUT2D eigenvalue weighted by atomic mass is 10.2. The fourth-order valence-electron chi connectivity index (χ4n) is 1.77. The van der Waals surface area contributed by atoms with Crippen molar-refractivity contribution < 1.29 is 0 Å². The molecule has 1 aromatic carbocycles. The second-order valence-electron chi connectivity index (χ2n) is 4.03. The molecule has 5 heteroatoms. The van der Waals surface area contributed by atoms with Gasteiger partial charge in [0.25, 0.3) is 0 Å². The van der Waals surface area contributed by atoms with Crippen LogP contribution in [-0.2, 0) is 0 Å². The first-order chi connectivity index (χ1) is 7.75. The summed E-state index contributed by atoms with van der Waals surface area (Å²) < 4.78 is 2.08. The van der Waals surface area contributed by atoms with Gasteiger partial charge >= 0.3 is 0 Å². The number of hydrogen-bond acceptors (Lipinski definition) is 3. The van der Waals surface area contributed by atoms with Crippen LogP contribution in [0.1, 0.15) is 18.9 Å². The van der Waals surface area contributed by atoms with Crippen molar-refractivity contribution in [3.8, 4) is 11.4 Å². The summed E-state index contributed by atoms with van der Waals surface area (Å²) in [6.07, 6.45) is 4.15. The van der Waals surface area contributed by atoms with Gasteiger partial charge in [-0.3, -0.25) is 0 Å². The van der Waals surface area contributed by atoms with Crippen LogP contribution in [0.5, 0.6) is 0 Å². The smallest absolute Gasteiger partial charge is 0.165 e. The summed E-state index contributed by atoms with van der Waals surface area (Å²) in [6.45, 7) is 0. The van der Waals surface area contributed by atoms with Crippen LogP contribution in [0.4, 0.5) is 5.69 Å². The minimum absolute atomic E-state index is 0.540. The SMILES string of the molecule is Nc1ccc(-c2nncn2C2CC2)c(Cl)c1. The van der Waals surface area contributed by atoms with E-state index in [9.17, 15) is 0 Å². The molecule has 1 saturated carbocycles. The fourth-order valence-corrected chi connectivity index (χ4v) is 2.04. The zero-order valence-corrected chi connectivity index (χ0v) is 9.35. The molecule has 1 aliphatic carbocycles. The number of nitrogens with zero attached hydrogens (tertiary/aromatic N) is 3. The molecule has 1 heterocycles. The van der Waals surface area contributed by atoms with E-state index in [-0.39, 0.29) is 0 Å². The third kappa shape index (κ3) is 1.55. The summed E-state index contributed by atoms with van der Waals surface area (Å²) in [5.74, 6) is 0.826. The van der Waals surface area contributed by atoms with Crippen LogP contribution in [0.15, 0.2) is 24.5 Å². The maximum Gasteiger partial charge on any atom is 0.165 e. The summed E-state index contributed by atoms with van der Waals surface area (Å²) >= 11 is 6.16. The summed E-state index contributed by atoms with van der Waals surface area (Å²) in [7, 11) is 0. The lowest BCUT2D eigenvalue weighted by Gasteiger charge is -2.06. The van der Waals surface area contributed by atoms with Crippen molar-refractivity contribution in [2.24, 2.45) is 0 Å². The predicted molar refractivity (Wildman–Crippen MR) is 63.2 cm³/mol. The van der Waals surface area contributed by atoms with Crippen LogP contribution in [0, 0.1) is 0 Å². The highest BCUT2D eigenvalue weighted by Gasteiger charge is 2.27. The predicted octanol–water partition coefficient (Wildman–Crippen LogP) is 2.52. The van der Waals surface area contributed by atoms with Crippen molar-refractivity contribution in [2.75, 3.05) is 5.73 Å². The lowest BCUT2D eigenvalue weighted by Crippen LogP contribution is -1.97. The number of nitrogen functional groups attached to an aromatic ring is 1. The first kappa shape index (κ1) is 9.66. The number of nitrogens with two attached hydrogens (primary N) is 1. The Morgan fingerprint density at radius 3 is 2.88 bits per heavy atom. The van der Waals surface area contributed by atoms with E-state index in [2.05, 4.69) is 14.8 Å². The first-order valence-corrected chi connectivity index (χ1v) is 5.58. The number of hydrogen-bond donors (Lipinski definition) is 1. The molecule has 0 spiro atoms. The summed E-state index contributed by atoms with van der Waals surface area (Å²) in [5.41, 5.74) is 7.21. The molecule has 0 unspecified atom stereocenters. The van der Waals surface area contributed by atoms with Gasteiger partial charge in [0.1, 0.15) is 6.33 Å². The van der Waals surface area contributed by atoms with Gasteiger partial charge in [0.15, 0.2) is 5.82 Å². The highest BCUT2D eigenvalue weighted by atomic mass is 35.5. The van der Waals surface area contributed by atoms with E-state index < -0.39 is 0 Å². The van der Waals surface area contributed by atoms with Crippen LogP contribution in [-0.4, -0.2) is 14.8 Å². The third-order valence-corrected chi connectivity index (χ3v) is 3.06. The van der Waals surface area contributed by atoms with Gasteiger partial charge in [-0.15, -0.1) is 10.2 Å². The summed E-state index contributed by atoms with van der Waals surface area (Å²) in [6, 6.07) is 6.00. The molecule has 2 N–H and O–H groups in total. The Morgan fingerprint density at radius 1 is 1.38 bits per heavy atom. The van der Waals surface area contributed by atoms with Crippen molar-refractivity contribution in [3.63, 3.8) is 0 Å². The number of aromatic nitrogens is 3. The zero-order chi connectivity index (χ0) is 11.1. The Kier molecular flexibility index (Phi) is 2.11. The van der Waals surface area contributed by atoms with E-state index in [1.165, 1.54) is 12.8 Å². The van der Waals surface area contributed by atoms with Gasteiger partial charge < -0.3 is 10.3 Å². The van der Waals surface area contributed by atoms with E-state index in [1.807, 2.05) is 12.1 Å². The molecule has 4 nitrogen and oxygen atoms in total. The zero-order valence-electron chi connectivity index (χ0n) is 8.60. The molecular formula is C11H11ClN4. The minimum Gasteiger partial charge on any atom is -0.399 e. The maximum atomic E-state index is 6.16. The number of anilines is 1. The second-order valence-corrected chi connectivity index (χ2v) is 4.44. The Labute approximate surface area is 98.0 Å². The van der Waals surface area contributed by atoms with Gasteiger partial charge in [-0.1, -0.05) is 11.6 Å². The van der Waals surface area contributed by atoms with E-state index in [0.29, 0.717) is 16.8 Å². The van der Waals surface area contributed by atoms with Crippen molar-refractivity contribution >= 4 is 17.3 Å². The van der Waals surface area contributed by atoms with Gasteiger partial charge in [0.2, 0.25) is 0 Å². The van der Waals surface area contributed by atoms with E-state index in [0.717, 1.165) is 11.4 Å². The average molecular weight is 235 g/mol. The van der Waals surface area contributed by atoms with Crippen LogP contribution in [0.3, 0.4) is 0 Å². The highest BCUT2D eigenvalue weighted by molar-refractivity contribution is 6.33. The number of benzene rings is 1. The molecule has 2 aromatic rings. The lowest BCUT2D eigenvalue weighted by molar-refractivity contribution is 0.746. The van der Waals surface area contributed by atoms with Crippen molar-refractivity contribution in [1.29, 1.82) is 0 Å². The third-order valence-electron chi connectivity index (χ3n) is 2.75. The summed E-state index contributed by atoms with van der Waals surface area (Å²) in [4.78, 5) is 0. The number of halogens is 1. The maximum absolute atomic E-state index is 6.16. The normalized spacial score (nSPS) is 15.3. The van der Waals surface area contributed by atoms with Crippen LogP contribution in [0.2, 0.25) is 5.02 Å². The van der Waals surface area contributed by atoms with E-state index in [4.69, 9.17) is 17.3 Å². The number of rotatable bonds is 2. The monoisotopic (exact) mass is 234 g/mol. The Bertz CT molecular complexity index is 531. The van der Waals surface area contributed by atoms with Crippen molar-refractivity contribution in [1.82, 2.24) is 14.8 Å². The molecular weight excluding hydrogens is 224 g/mol. The molecule has 0 amide bonds. The average Bonchev–Trinajstić information content (AvgIpc) is 2.98. The topological polar surface area (TPSA) is 56.7 Å². The molecule has 0 aliphatic heterocycles. The van der Waals surface area contributed by atoms with Gasteiger partial charge in [-0.2, -0.15) is 0 Å². The molecule has 3 rings (SSSR count). The molecule has 16 heavy (non-hydrogen) atoms. The Morgan fingerprint density at radius 2 is 2.19 bits per heavy atom. The van der Waals surface area contributed by atoms with Crippen LogP contribution in [0.25, 0.3) is 11.4 Å². The van der Waals surface area contributed by atoms with Gasteiger partial charge in [-0.05, 0) is 31.0 Å². The van der Waals surface area contributed by atoms with E-state index in [1.54, 1.807) is 12.4 Å². The molecule has 82 valence electrons. The van der Waals surface area contributed by atoms with E-state index >= 15 is 0 Å². The van der Waals surface area contributed by atoms with Gasteiger partial charge in [0, 0.05) is 17.3 Å². The quantitative estimate of drug-likeness (QED) is 0.813. The van der Waals surface area contributed by atoms with Crippen LogP contribution < -0.4 is 5.73 Å². The molecule has 1 aliphatic rings. The minimum atomic E-state index is 0.540. The summed E-state index contributed by atoms with van der Waals surface area (Å²) in [5, 5.41) is 8.69. The molecule has 0 radical (unpaired) electrons. The standard InChI is InChI=1S/C11H11ClN4/c12-10-5-7(13)1-4-9(10)11-15-14-6-16(11)8-2-3-8/h1,4-6,8H,2-3,13H2.